The molecule has 1 unspecified atom stereocenters. The number of nitrogens with zero attached hydrogens (tertiary/aromatic N) is 2. The Hall–Kier alpha value is -2.41. The standard InChI is InChI=1S/C19H23N3O3S/c1-20-16(23)6-7-17(24)21(2)14-8-10-22(12-14)19(25)15-5-3-4-13-9-11-26-18(13)15/h3-5,9,11,14H,6-8,10,12H2,1-2H3,(H,20,23). The normalized spacial score (nSPS) is 16.7. The molecule has 1 atom stereocenters. The van der Waals surface area contributed by atoms with Gasteiger partial charge in [0.15, 0.2) is 0 Å². The average Bonchev–Trinajstić information content (AvgIpc) is 3.33. The fraction of sp³-hybridized carbons (Fsp3) is 0.421. The van der Waals surface area contributed by atoms with Crippen molar-refractivity contribution in [1.29, 1.82) is 0 Å². The molecule has 1 aliphatic rings. The van der Waals surface area contributed by atoms with Crippen LogP contribution in [0, 0.1) is 0 Å². The number of amides is 3. The van der Waals surface area contributed by atoms with E-state index in [0.717, 1.165) is 22.1 Å². The van der Waals surface area contributed by atoms with Gasteiger partial charge in [-0.25, -0.2) is 0 Å². The van der Waals surface area contributed by atoms with Gasteiger partial charge in [-0.3, -0.25) is 14.4 Å². The first-order valence-electron chi connectivity index (χ1n) is 8.73. The van der Waals surface area contributed by atoms with E-state index in [1.54, 1.807) is 30.3 Å². The molecule has 1 aromatic carbocycles. The van der Waals surface area contributed by atoms with Crippen molar-refractivity contribution in [3.8, 4) is 0 Å². The van der Waals surface area contributed by atoms with E-state index in [1.807, 2.05) is 34.5 Å². The summed E-state index contributed by atoms with van der Waals surface area (Å²) in [4.78, 5) is 40.0. The molecule has 0 bridgehead atoms. The smallest absolute Gasteiger partial charge is 0.255 e. The molecule has 6 nitrogen and oxygen atoms in total. The van der Waals surface area contributed by atoms with Crippen LogP contribution in [0.15, 0.2) is 29.6 Å². The minimum absolute atomic E-state index is 0.00123. The molecular weight excluding hydrogens is 350 g/mol. The molecule has 3 amide bonds. The summed E-state index contributed by atoms with van der Waals surface area (Å²) in [5.41, 5.74) is 0.728. The molecule has 138 valence electrons. The monoisotopic (exact) mass is 373 g/mol. The summed E-state index contributed by atoms with van der Waals surface area (Å²) in [5.74, 6) is -0.181. The summed E-state index contributed by atoms with van der Waals surface area (Å²) in [5, 5.41) is 5.59. The van der Waals surface area contributed by atoms with Crippen LogP contribution in [0.3, 0.4) is 0 Å². The molecular formula is C19H23N3O3S. The van der Waals surface area contributed by atoms with E-state index in [4.69, 9.17) is 0 Å². The largest absolute Gasteiger partial charge is 0.359 e. The van der Waals surface area contributed by atoms with Gasteiger partial charge in [0, 0.05) is 44.7 Å². The van der Waals surface area contributed by atoms with Gasteiger partial charge in [-0.2, -0.15) is 0 Å². The Morgan fingerprint density at radius 2 is 2.08 bits per heavy atom. The van der Waals surface area contributed by atoms with Crippen molar-refractivity contribution in [1.82, 2.24) is 15.1 Å². The fourth-order valence-electron chi connectivity index (χ4n) is 3.30. The SMILES string of the molecule is CNC(=O)CCC(=O)N(C)C1CCN(C(=O)c2cccc3ccsc23)C1. The lowest BCUT2D eigenvalue weighted by atomic mass is 10.1. The molecule has 26 heavy (non-hydrogen) atoms. The van der Waals surface area contributed by atoms with Crippen LogP contribution in [-0.2, 0) is 9.59 Å². The van der Waals surface area contributed by atoms with Crippen LogP contribution in [0.1, 0.15) is 29.6 Å². The minimum Gasteiger partial charge on any atom is -0.359 e. The quantitative estimate of drug-likeness (QED) is 0.873. The zero-order chi connectivity index (χ0) is 18.7. The predicted octanol–water partition coefficient (Wildman–Crippen LogP) is 2.10. The molecule has 0 spiro atoms. The van der Waals surface area contributed by atoms with Crippen LogP contribution in [0.2, 0.25) is 0 Å². The summed E-state index contributed by atoms with van der Waals surface area (Å²) in [7, 11) is 3.32. The molecule has 0 saturated carbocycles. The maximum absolute atomic E-state index is 12.9. The second kappa shape index (κ2) is 7.86. The number of nitrogens with one attached hydrogen (secondary N) is 1. The van der Waals surface area contributed by atoms with Crippen molar-refractivity contribution in [2.45, 2.75) is 25.3 Å². The van der Waals surface area contributed by atoms with E-state index in [-0.39, 0.29) is 36.6 Å². The maximum atomic E-state index is 12.9. The second-order valence-electron chi connectivity index (χ2n) is 6.52. The number of benzene rings is 1. The van der Waals surface area contributed by atoms with Gasteiger partial charge < -0.3 is 15.1 Å². The third kappa shape index (κ3) is 3.72. The van der Waals surface area contributed by atoms with Gasteiger partial charge in [-0.1, -0.05) is 12.1 Å². The Kier molecular flexibility index (Phi) is 5.56. The van der Waals surface area contributed by atoms with Gasteiger partial charge in [0.2, 0.25) is 11.8 Å². The fourth-order valence-corrected chi connectivity index (χ4v) is 4.20. The van der Waals surface area contributed by atoms with Crippen LogP contribution in [0.25, 0.3) is 10.1 Å². The Morgan fingerprint density at radius 1 is 1.27 bits per heavy atom. The minimum atomic E-state index is -0.140. The topological polar surface area (TPSA) is 69.7 Å². The Bertz CT molecular complexity index is 832. The van der Waals surface area contributed by atoms with Crippen LogP contribution >= 0.6 is 11.3 Å². The number of hydrogen-bond acceptors (Lipinski definition) is 4. The molecule has 1 saturated heterocycles. The molecule has 7 heteroatoms. The average molecular weight is 373 g/mol. The number of likely N-dealkylation sites (tertiary alicyclic amines) is 1. The third-order valence-corrected chi connectivity index (χ3v) is 5.91. The van der Waals surface area contributed by atoms with Crippen molar-refractivity contribution in [3.05, 3.63) is 35.2 Å². The number of rotatable bonds is 5. The molecule has 1 fully saturated rings. The molecule has 0 aliphatic carbocycles. The van der Waals surface area contributed by atoms with E-state index in [1.165, 1.54) is 0 Å². The number of hydrogen-bond donors (Lipinski definition) is 1. The van der Waals surface area contributed by atoms with Crippen LogP contribution in [-0.4, -0.2) is 60.7 Å². The number of carbonyl (C=O) groups excluding carboxylic acids is 3. The molecule has 1 N–H and O–H groups in total. The highest BCUT2D eigenvalue weighted by Gasteiger charge is 2.32. The zero-order valence-corrected chi connectivity index (χ0v) is 15.8. The molecule has 0 radical (unpaired) electrons. The summed E-state index contributed by atoms with van der Waals surface area (Å²) in [6.07, 6.45) is 1.14. The number of thiophene rings is 1. The van der Waals surface area contributed by atoms with Gasteiger partial charge >= 0.3 is 0 Å². The van der Waals surface area contributed by atoms with E-state index < -0.39 is 0 Å². The molecule has 2 heterocycles. The van der Waals surface area contributed by atoms with Crippen molar-refractivity contribution in [3.63, 3.8) is 0 Å². The van der Waals surface area contributed by atoms with E-state index >= 15 is 0 Å². The van der Waals surface area contributed by atoms with E-state index in [9.17, 15) is 14.4 Å². The number of fused-ring (bicyclic) bond motifs is 1. The van der Waals surface area contributed by atoms with Crippen molar-refractivity contribution < 1.29 is 14.4 Å². The van der Waals surface area contributed by atoms with Crippen molar-refractivity contribution in [2.75, 3.05) is 27.2 Å². The van der Waals surface area contributed by atoms with Crippen molar-refractivity contribution >= 4 is 39.1 Å². The highest BCUT2D eigenvalue weighted by Crippen LogP contribution is 2.27. The highest BCUT2D eigenvalue weighted by atomic mass is 32.1. The number of likely N-dealkylation sites (N-methyl/N-ethyl adjacent to an activating group) is 1. The lowest BCUT2D eigenvalue weighted by Crippen LogP contribution is -2.40. The predicted molar refractivity (Wildman–Crippen MR) is 102 cm³/mol. The summed E-state index contributed by atoms with van der Waals surface area (Å²) >= 11 is 1.57. The lowest BCUT2D eigenvalue weighted by molar-refractivity contribution is -0.134. The van der Waals surface area contributed by atoms with Gasteiger partial charge in [0.05, 0.1) is 11.6 Å². The van der Waals surface area contributed by atoms with Gasteiger partial charge in [-0.15, -0.1) is 11.3 Å². The molecule has 1 aliphatic heterocycles. The van der Waals surface area contributed by atoms with Gasteiger partial charge in [-0.05, 0) is 29.3 Å². The Labute approximate surface area is 156 Å². The summed E-state index contributed by atoms with van der Waals surface area (Å²) in [6.45, 7) is 1.17. The third-order valence-electron chi connectivity index (χ3n) is 4.95. The first-order valence-corrected chi connectivity index (χ1v) is 9.61. The molecule has 2 aromatic rings. The van der Waals surface area contributed by atoms with Crippen molar-refractivity contribution in [2.24, 2.45) is 0 Å². The lowest BCUT2D eigenvalue weighted by Gasteiger charge is -2.25. The van der Waals surface area contributed by atoms with Gasteiger partial charge in [0.1, 0.15) is 0 Å². The van der Waals surface area contributed by atoms with Gasteiger partial charge in [0.25, 0.3) is 5.91 Å². The zero-order valence-electron chi connectivity index (χ0n) is 15.0. The first-order chi connectivity index (χ1) is 12.5. The first kappa shape index (κ1) is 18.4. The Balaban J connectivity index is 1.63. The highest BCUT2D eigenvalue weighted by molar-refractivity contribution is 7.17. The molecule has 3 rings (SSSR count). The second-order valence-corrected chi connectivity index (χ2v) is 7.43. The van der Waals surface area contributed by atoms with E-state index in [0.29, 0.717) is 13.1 Å². The van der Waals surface area contributed by atoms with Crippen LogP contribution in [0.4, 0.5) is 0 Å². The maximum Gasteiger partial charge on any atom is 0.255 e. The summed E-state index contributed by atoms with van der Waals surface area (Å²) < 4.78 is 1.01. The number of carbonyl (C=O) groups is 3. The Morgan fingerprint density at radius 3 is 2.85 bits per heavy atom. The summed E-state index contributed by atoms with van der Waals surface area (Å²) in [6, 6.07) is 7.80. The van der Waals surface area contributed by atoms with Crippen LogP contribution < -0.4 is 5.32 Å². The van der Waals surface area contributed by atoms with Crippen LogP contribution in [0.5, 0.6) is 0 Å². The molecule has 1 aromatic heterocycles. The van der Waals surface area contributed by atoms with E-state index in [2.05, 4.69) is 5.32 Å².